The summed E-state index contributed by atoms with van der Waals surface area (Å²) < 4.78 is 5.12. The predicted molar refractivity (Wildman–Crippen MR) is 115 cm³/mol. The minimum atomic E-state index is -1.10. The molecule has 0 bridgehead atoms. The molecule has 31 heavy (non-hydrogen) atoms. The van der Waals surface area contributed by atoms with Gasteiger partial charge < -0.3 is 25.4 Å². The van der Waals surface area contributed by atoms with Crippen LogP contribution in [0, 0.1) is 11.3 Å². The molecule has 0 aliphatic rings. The first-order valence-corrected chi connectivity index (χ1v) is 10.2. The van der Waals surface area contributed by atoms with E-state index in [1.54, 1.807) is 20.8 Å². The molecular weight excluding hydrogens is 400 g/mol. The Hall–Kier alpha value is -3.28. The maximum atomic E-state index is 13.1. The molecule has 0 spiro atoms. The number of carbonyl (C=O) groups is 3. The molecule has 3 amide bonds. The van der Waals surface area contributed by atoms with Crippen LogP contribution in [0.2, 0.25) is 0 Å². The number of nitriles is 1. The lowest BCUT2D eigenvalue weighted by Crippen LogP contribution is -2.49. The second-order valence-electron chi connectivity index (χ2n) is 8.23. The zero-order chi connectivity index (χ0) is 23.6. The van der Waals surface area contributed by atoms with Gasteiger partial charge in [0.1, 0.15) is 30.5 Å². The summed E-state index contributed by atoms with van der Waals surface area (Å²) in [6, 6.07) is 6.51. The van der Waals surface area contributed by atoms with Gasteiger partial charge in [-0.05, 0) is 51.8 Å². The fourth-order valence-electron chi connectivity index (χ4n) is 2.92. The standard InChI is InChI=1S/C22H32N4O5/c1-6-7-15(2)25-20(29)19(16-8-10-17(27)11-9-16)26(13-12-23)18(28)14-24-21(30)31-22(3,4)5/h8-11,15,19,27H,6-7,13-14H2,1-5H3,(H,24,30)(H,25,29). The zero-order valence-electron chi connectivity index (χ0n) is 18.8. The Morgan fingerprint density at radius 1 is 1.23 bits per heavy atom. The topological polar surface area (TPSA) is 132 Å². The number of aromatic hydroxyl groups is 1. The van der Waals surface area contributed by atoms with Crippen molar-refractivity contribution in [3.63, 3.8) is 0 Å². The van der Waals surface area contributed by atoms with Crippen LogP contribution >= 0.6 is 0 Å². The first kappa shape index (κ1) is 25.8. The third kappa shape index (κ3) is 8.95. The van der Waals surface area contributed by atoms with Crippen LogP contribution in [0.5, 0.6) is 5.75 Å². The van der Waals surface area contributed by atoms with Gasteiger partial charge in [-0.25, -0.2) is 4.79 Å². The van der Waals surface area contributed by atoms with Crippen LogP contribution in [0.4, 0.5) is 4.79 Å². The maximum absolute atomic E-state index is 13.1. The van der Waals surface area contributed by atoms with E-state index in [0.717, 1.165) is 17.7 Å². The van der Waals surface area contributed by atoms with Crippen LogP contribution in [0.3, 0.4) is 0 Å². The van der Waals surface area contributed by atoms with Gasteiger partial charge in [-0.3, -0.25) is 9.59 Å². The Morgan fingerprint density at radius 2 is 1.84 bits per heavy atom. The molecule has 2 unspecified atom stereocenters. The molecule has 2 atom stereocenters. The number of nitrogens with zero attached hydrogens (tertiary/aromatic N) is 2. The number of nitrogens with one attached hydrogen (secondary N) is 2. The van der Waals surface area contributed by atoms with Crippen LogP contribution in [0.15, 0.2) is 24.3 Å². The minimum Gasteiger partial charge on any atom is -0.508 e. The molecule has 9 heteroatoms. The van der Waals surface area contributed by atoms with Crippen molar-refractivity contribution in [3.8, 4) is 11.8 Å². The van der Waals surface area contributed by atoms with Gasteiger partial charge in [0.15, 0.2) is 0 Å². The van der Waals surface area contributed by atoms with Gasteiger partial charge in [0.2, 0.25) is 11.8 Å². The van der Waals surface area contributed by atoms with Crippen LogP contribution in [-0.4, -0.2) is 52.6 Å². The predicted octanol–water partition coefficient (Wildman–Crippen LogP) is 2.61. The molecule has 1 aromatic carbocycles. The Morgan fingerprint density at radius 3 is 2.35 bits per heavy atom. The fourth-order valence-corrected chi connectivity index (χ4v) is 2.92. The first-order chi connectivity index (χ1) is 14.5. The summed E-state index contributed by atoms with van der Waals surface area (Å²) in [5, 5.41) is 24.1. The molecule has 0 aliphatic heterocycles. The Kier molecular flexibility index (Phi) is 9.80. The SMILES string of the molecule is CCCC(C)NC(=O)C(c1ccc(O)cc1)N(CC#N)C(=O)CNC(=O)OC(C)(C)C. The third-order valence-electron chi connectivity index (χ3n) is 4.22. The summed E-state index contributed by atoms with van der Waals surface area (Å²) >= 11 is 0. The fraction of sp³-hybridized carbons (Fsp3) is 0.545. The van der Waals surface area contributed by atoms with Crippen LogP contribution < -0.4 is 10.6 Å². The number of alkyl carbamates (subject to hydrolysis) is 1. The van der Waals surface area contributed by atoms with Crippen molar-refractivity contribution in [1.29, 1.82) is 5.26 Å². The number of phenols is 1. The highest BCUT2D eigenvalue weighted by Gasteiger charge is 2.32. The van der Waals surface area contributed by atoms with Crippen molar-refractivity contribution < 1.29 is 24.2 Å². The van der Waals surface area contributed by atoms with Crippen molar-refractivity contribution in [1.82, 2.24) is 15.5 Å². The van der Waals surface area contributed by atoms with Gasteiger partial charge in [-0.1, -0.05) is 25.5 Å². The summed E-state index contributed by atoms with van der Waals surface area (Å²) in [7, 11) is 0. The average Bonchev–Trinajstić information content (AvgIpc) is 2.66. The normalized spacial score (nSPS) is 12.8. The van der Waals surface area contributed by atoms with E-state index in [-0.39, 0.29) is 18.3 Å². The third-order valence-corrected chi connectivity index (χ3v) is 4.22. The number of carbonyl (C=O) groups excluding carboxylic acids is 3. The maximum Gasteiger partial charge on any atom is 0.408 e. The molecule has 0 fully saturated rings. The summed E-state index contributed by atoms with van der Waals surface area (Å²) in [6.45, 7) is 8.12. The van der Waals surface area contributed by atoms with E-state index in [4.69, 9.17) is 4.74 Å². The number of ether oxygens (including phenoxy) is 1. The Balaban J connectivity index is 3.12. The first-order valence-electron chi connectivity index (χ1n) is 10.2. The number of hydrogen-bond donors (Lipinski definition) is 3. The molecule has 9 nitrogen and oxygen atoms in total. The van der Waals surface area contributed by atoms with Crippen molar-refractivity contribution in [2.24, 2.45) is 0 Å². The number of amides is 3. The van der Waals surface area contributed by atoms with Gasteiger partial charge in [0, 0.05) is 6.04 Å². The average molecular weight is 433 g/mol. The molecule has 0 aliphatic carbocycles. The van der Waals surface area contributed by atoms with Crippen LogP contribution in [0.1, 0.15) is 59.1 Å². The van der Waals surface area contributed by atoms with E-state index in [1.165, 1.54) is 24.3 Å². The lowest BCUT2D eigenvalue weighted by atomic mass is 10.0. The van der Waals surface area contributed by atoms with E-state index in [9.17, 15) is 24.8 Å². The lowest BCUT2D eigenvalue weighted by Gasteiger charge is -2.30. The highest BCUT2D eigenvalue weighted by Crippen LogP contribution is 2.24. The molecule has 170 valence electrons. The number of phenolic OH excluding ortho intramolecular Hbond substituents is 1. The number of benzene rings is 1. The van der Waals surface area contributed by atoms with Gasteiger partial charge in [0.05, 0.1) is 6.07 Å². The van der Waals surface area contributed by atoms with Gasteiger partial charge in [-0.15, -0.1) is 0 Å². The molecule has 0 aromatic heterocycles. The second-order valence-corrected chi connectivity index (χ2v) is 8.23. The zero-order valence-corrected chi connectivity index (χ0v) is 18.8. The largest absolute Gasteiger partial charge is 0.508 e. The second kappa shape index (κ2) is 11.8. The van der Waals surface area contributed by atoms with Gasteiger partial charge >= 0.3 is 6.09 Å². The molecule has 0 radical (unpaired) electrons. The van der Waals surface area contributed by atoms with Gasteiger partial charge in [0.25, 0.3) is 0 Å². The van der Waals surface area contributed by atoms with Crippen molar-refractivity contribution >= 4 is 17.9 Å². The summed E-state index contributed by atoms with van der Waals surface area (Å²) in [5.74, 6) is -1.07. The minimum absolute atomic E-state index is 0.00649. The van der Waals surface area contributed by atoms with E-state index in [2.05, 4.69) is 10.6 Å². The lowest BCUT2D eigenvalue weighted by molar-refractivity contribution is -0.139. The monoisotopic (exact) mass is 432 g/mol. The summed E-state index contributed by atoms with van der Waals surface area (Å²) in [6.07, 6.45) is 0.840. The smallest absolute Gasteiger partial charge is 0.408 e. The molecule has 0 saturated carbocycles. The van der Waals surface area contributed by atoms with Crippen molar-refractivity contribution in [2.75, 3.05) is 13.1 Å². The quantitative estimate of drug-likeness (QED) is 0.514. The Bertz CT molecular complexity index is 796. The molecule has 0 saturated heterocycles. The highest BCUT2D eigenvalue weighted by molar-refractivity contribution is 5.90. The van der Waals surface area contributed by atoms with Crippen LogP contribution in [-0.2, 0) is 14.3 Å². The van der Waals surface area contributed by atoms with E-state index in [1.807, 2.05) is 19.9 Å². The molecular formula is C22H32N4O5. The van der Waals surface area contributed by atoms with Crippen LogP contribution in [0.25, 0.3) is 0 Å². The number of rotatable bonds is 9. The highest BCUT2D eigenvalue weighted by atomic mass is 16.6. The summed E-state index contributed by atoms with van der Waals surface area (Å²) in [4.78, 5) is 38.9. The van der Waals surface area contributed by atoms with E-state index < -0.39 is 36.1 Å². The Labute approximate surface area is 183 Å². The van der Waals surface area contributed by atoms with Gasteiger partial charge in [-0.2, -0.15) is 5.26 Å². The summed E-state index contributed by atoms with van der Waals surface area (Å²) in [5.41, 5.74) is -0.302. The molecule has 1 rings (SSSR count). The number of hydrogen-bond acceptors (Lipinski definition) is 6. The van der Waals surface area contributed by atoms with E-state index >= 15 is 0 Å². The van der Waals surface area contributed by atoms with E-state index in [0.29, 0.717) is 5.56 Å². The molecule has 1 aromatic rings. The molecule has 3 N–H and O–H groups in total. The van der Waals surface area contributed by atoms with Crippen molar-refractivity contribution in [3.05, 3.63) is 29.8 Å². The molecule has 0 heterocycles. The van der Waals surface area contributed by atoms with Crippen molar-refractivity contribution in [2.45, 2.75) is 65.1 Å².